The smallest absolute Gasteiger partial charge is 0.255 e. The lowest BCUT2D eigenvalue weighted by molar-refractivity contribution is -0.313. The molecular weight excluding hydrogens is 368 g/mol. The molecule has 148 valence electrons. The number of rotatable bonds is 5. The average Bonchev–Trinajstić information content (AvgIpc) is 3.32. The Kier molecular flexibility index (Phi) is 4.92. The van der Waals surface area contributed by atoms with Gasteiger partial charge in [0.25, 0.3) is 5.91 Å². The van der Waals surface area contributed by atoms with E-state index in [1.807, 2.05) is 25.1 Å². The maximum Gasteiger partial charge on any atom is 0.255 e. The molecule has 6 heteroatoms. The molecule has 2 amide bonds. The van der Waals surface area contributed by atoms with E-state index in [0.717, 1.165) is 5.56 Å². The van der Waals surface area contributed by atoms with E-state index in [1.165, 1.54) is 0 Å². The predicted molar refractivity (Wildman–Crippen MR) is 107 cm³/mol. The summed E-state index contributed by atoms with van der Waals surface area (Å²) >= 11 is 0. The Morgan fingerprint density at radius 1 is 0.931 bits per heavy atom. The number of hydrogen-bond acceptors (Lipinski definition) is 4. The molecule has 0 radical (unpaired) electrons. The quantitative estimate of drug-likeness (QED) is 0.767. The van der Waals surface area contributed by atoms with Crippen molar-refractivity contribution in [2.75, 3.05) is 10.6 Å². The summed E-state index contributed by atoms with van der Waals surface area (Å²) < 4.78 is 0. The summed E-state index contributed by atoms with van der Waals surface area (Å²) in [6.45, 7) is 1.83. The predicted octanol–water partition coefficient (Wildman–Crippen LogP) is 2.37. The van der Waals surface area contributed by atoms with E-state index < -0.39 is 17.8 Å². The molecule has 0 saturated heterocycles. The van der Waals surface area contributed by atoms with Crippen LogP contribution in [-0.2, 0) is 9.59 Å². The molecule has 0 unspecified atom stereocenters. The van der Waals surface area contributed by atoms with E-state index in [9.17, 15) is 19.5 Å². The first-order valence-electron chi connectivity index (χ1n) is 9.61. The number of carboxylic acids is 1. The van der Waals surface area contributed by atoms with Crippen LogP contribution in [0.25, 0.3) is 0 Å². The molecule has 0 aliphatic heterocycles. The van der Waals surface area contributed by atoms with E-state index >= 15 is 0 Å². The number of anilines is 2. The molecule has 2 aromatic rings. The van der Waals surface area contributed by atoms with E-state index in [4.69, 9.17) is 0 Å². The number of nitrogens with one attached hydrogen (secondary N) is 2. The SMILES string of the molecule is Cc1cc(NC(=O)[C@H]2[C@@H](C(=O)[O-])[C@H]3C=C[C@H]2C3)ccc1NC(=O)c1ccccc1. The zero-order valence-corrected chi connectivity index (χ0v) is 15.9. The van der Waals surface area contributed by atoms with Crippen LogP contribution < -0.4 is 15.7 Å². The van der Waals surface area contributed by atoms with Crippen LogP contribution in [0.15, 0.2) is 60.7 Å². The van der Waals surface area contributed by atoms with E-state index in [2.05, 4.69) is 10.6 Å². The van der Waals surface area contributed by atoms with Crippen molar-refractivity contribution in [1.82, 2.24) is 0 Å². The first-order valence-corrected chi connectivity index (χ1v) is 9.61. The lowest BCUT2D eigenvalue weighted by Gasteiger charge is -2.27. The summed E-state index contributed by atoms with van der Waals surface area (Å²) in [5.41, 5.74) is 2.56. The van der Waals surface area contributed by atoms with Crippen molar-refractivity contribution in [3.05, 3.63) is 71.8 Å². The van der Waals surface area contributed by atoms with Gasteiger partial charge in [0.2, 0.25) is 5.91 Å². The highest BCUT2D eigenvalue weighted by Crippen LogP contribution is 2.48. The van der Waals surface area contributed by atoms with Gasteiger partial charge in [0.15, 0.2) is 0 Å². The molecule has 1 saturated carbocycles. The third-order valence-electron chi connectivity index (χ3n) is 5.81. The Morgan fingerprint density at radius 3 is 2.28 bits per heavy atom. The standard InChI is InChI=1S/C23H22N2O4/c1-13-11-17(9-10-18(13)25-21(26)14-5-3-2-4-6-14)24-22(27)19-15-7-8-16(12-15)20(19)23(28)29/h2-11,15-16,19-20H,12H2,1H3,(H,24,27)(H,25,26)(H,28,29)/p-1/t15-,16-,19+,20-/m0/s1. The lowest BCUT2D eigenvalue weighted by atomic mass is 9.82. The number of benzene rings is 2. The Morgan fingerprint density at radius 2 is 1.62 bits per heavy atom. The minimum absolute atomic E-state index is 0.0616. The van der Waals surface area contributed by atoms with Gasteiger partial charge in [-0.05, 0) is 61.1 Å². The number of allylic oxidation sites excluding steroid dienone is 2. The molecule has 0 aromatic heterocycles. The number of carboxylic acid groups (broad SMARTS) is 1. The molecule has 2 bridgehead atoms. The fraction of sp³-hybridized carbons (Fsp3) is 0.261. The van der Waals surface area contributed by atoms with E-state index in [1.54, 1.807) is 42.5 Å². The van der Waals surface area contributed by atoms with Gasteiger partial charge in [-0.1, -0.05) is 30.4 Å². The zero-order chi connectivity index (χ0) is 20.5. The van der Waals surface area contributed by atoms with Gasteiger partial charge < -0.3 is 20.5 Å². The normalized spacial score (nSPS) is 24.3. The second-order valence-electron chi connectivity index (χ2n) is 7.66. The Hall–Kier alpha value is -3.41. The van der Waals surface area contributed by atoms with Crippen molar-refractivity contribution < 1.29 is 19.5 Å². The summed E-state index contributed by atoms with van der Waals surface area (Å²) in [6.07, 6.45) is 4.49. The molecule has 4 rings (SSSR count). The fourth-order valence-electron chi connectivity index (χ4n) is 4.39. The maximum absolute atomic E-state index is 12.8. The summed E-state index contributed by atoms with van der Waals surface area (Å²) in [7, 11) is 0. The van der Waals surface area contributed by atoms with Gasteiger partial charge in [0, 0.05) is 28.8 Å². The number of hydrogen-bond donors (Lipinski definition) is 2. The third kappa shape index (κ3) is 3.66. The summed E-state index contributed by atoms with van der Waals surface area (Å²) in [5, 5.41) is 17.2. The molecule has 2 N–H and O–H groups in total. The second kappa shape index (κ2) is 7.54. The molecule has 1 fully saturated rings. The van der Waals surface area contributed by atoms with Crippen LogP contribution in [0.1, 0.15) is 22.3 Å². The fourth-order valence-corrected chi connectivity index (χ4v) is 4.39. The molecule has 0 spiro atoms. The van der Waals surface area contributed by atoms with Crippen LogP contribution in [0.3, 0.4) is 0 Å². The molecule has 2 aliphatic carbocycles. The highest BCUT2D eigenvalue weighted by molar-refractivity contribution is 6.05. The number of aryl methyl sites for hydroxylation is 1. The highest BCUT2D eigenvalue weighted by atomic mass is 16.4. The van der Waals surface area contributed by atoms with Gasteiger partial charge in [-0.25, -0.2) is 0 Å². The van der Waals surface area contributed by atoms with E-state index in [-0.39, 0.29) is 23.7 Å². The largest absolute Gasteiger partial charge is 0.550 e. The van der Waals surface area contributed by atoms with Crippen LogP contribution in [0.4, 0.5) is 11.4 Å². The number of aliphatic carboxylic acids is 1. The number of carbonyl (C=O) groups excluding carboxylic acids is 3. The molecule has 29 heavy (non-hydrogen) atoms. The molecular formula is C23H21N2O4-. The summed E-state index contributed by atoms with van der Waals surface area (Å²) in [4.78, 5) is 36.6. The van der Waals surface area contributed by atoms with Crippen LogP contribution in [0, 0.1) is 30.6 Å². The zero-order valence-electron chi connectivity index (χ0n) is 15.9. The first kappa shape index (κ1) is 18.9. The van der Waals surface area contributed by atoms with Crippen molar-refractivity contribution in [1.29, 1.82) is 0 Å². The highest BCUT2D eigenvalue weighted by Gasteiger charge is 2.48. The Bertz CT molecular complexity index is 999. The monoisotopic (exact) mass is 389 g/mol. The molecule has 6 nitrogen and oxygen atoms in total. The van der Waals surface area contributed by atoms with Crippen LogP contribution in [-0.4, -0.2) is 17.8 Å². The van der Waals surface area contributed by atoms with Gasteiger partial charge in [0.1, 0.15) is 0 Å². The summed E-state index contributed by atoms with van der Waals surface area (Å²) in [5.74, 6) is -3.28. The number of fused-ring (bicyclic) bond motifs is 2. The van der Waals surface area contributed by atoms with Crippen LogP contribution >= 0.6 is 0 Å². The Balaban J connectivity index is 1.46. The van der Waals surface area contributed by atoms with Crippen molar-refractivity contribution in [2.45, 2.75) is 13.3 Å². The maximum atomic E-state index is 12.8. The number of amides is 2. The van der Waals surface area contributed by atoms with Gasteiger partial charge in [-0.2, -0.15) is 0 Å². The van der Waals surface area contributed by atoms with Crippen LogP contribution in [0.5, 0.6) is 0 Å². The minimum Gasteiger partial charge on any atom is -0.550 e. The first-order chi connectivity index (χ1) is 13.9. The molecule has 2 aromatic carbocycles. The van der Waals surface area contributed by atoms with Crippen molar-refractivity contribution >= 4 is 29.2 Å². The Labute approximate surface area is 168 Å². The number of carbonyl (C=O) groups is 3. The van der Waals surface area contributed by atoms with Crippen LogP contribution in [0.2, 0.25) is 0 Å². The van der Waals surface area contributed by atoms with Gasteiger partial charge >= 0.3 is 0 Å². The molecule has 4 atom stereocenters. The van der Waals surface area contributed by atoms with Crippen molar-refractivity contribution in [3.8, 4) is 0 Å². The molecule has 2 aliphatic rings. The van der Waals surface area contributed by atoms with E-state index in [0.29, 0.717) is 23.4 Å². The van der Waals surface area contributed by atoms with Crippen molar-refractivity contribution in [2.24, 2.45) is 23.7 Å². The van der Waals surface area contributed by atoms with Gasteiger partial charge in [0.05, 0.1) is 5.92 Å². The average molecular weight is 389 g/mol. The lowest BCUT2D eigenvalue weighted by Crippen LogP contribution is -2.42. The third-order valence-corrected chi connectivity index (χ3v) is 5.81. The molecule has 0 heterocycles. The topological polar surface area (TPSA) is 98.3 Å². The van der Waals surface area contributed by atoms with Gasteiger partial charge in [-0.15, -0.1) is 0 Å². The second-order valence-corrected chi connectivity index (χ2v) is 7.66. The van der Waals surface area contributed by atoms with Gasteiger partial charge in [-0.3, -0.25) is 9.59 Å². The van der Waals surface area contributed by atoms with Crippen molar-refractivity contribution in [3.63, 3.8) is 0 Å². The summed E-state index contributed by atoms with van der Waals surface area (Å²) in [6, 6.07) is 14.1. The minimum atomic E-state index is -1.17.